The Balaban J connectivity index is 1.53. The standard InChI is InChI=1S/C16H12N6O3/c23-14(10-22-16(24)21-8-2-1-5-13(21)20-22)19-15-17-7-6-11(18-15)12-4-3-9-25-12/h1-9H,10H2,(H,17,18,19,23). The Morgan fingerprint density at radius 3 is 2.92 bits per heavy atom. The molecule has 4 rings (SSSR count). The molecule has 1 amide bonds. The molecule has 25 heavy (non-hydrogen) atoms. The van der Waals surface area contributed by atoms with Gasteiger partial charge in [-0.05, 0) is 30.3 Å². The third kappa shape index (κ3) is 2.90. The molecule has 0 aliphatic heterocycles. The van der Waals surface area contributed by atoms with Crippen molar-refractivity contribution in [2.45, 2.75) is 6.54 Å². The van der Waals surface area contributed by atoms with Gasteiger partial charge < -0.3 is 4.42 Å². The highest BCUT2D eigenvalue weighted by atomic mass is 16.3. The van der Waals surface area contributed by atoms with Gasteiger partial charge in [0.25, 0.3) is 0 Å². The molecule has 4 aromatic rings. The summed E-state index contributed by atoms with van der Waals surface area (Å²) >= 11 is 0. The number of anilines is 1. The minimum atomic E-state index is -0.456. The van der Waals surface area contributed by atoms with E-state index in [0.717, 1.165) is 4.68 Å². The highest BCUT2D eigenvalue weighted by Gasteiger charge is 2.12. The molecule has 0 aliphatic carbocycles. The summed E-state index contributed by atoms with van der Waals surface area (Å²) in [6.07, 6.45) is 4.64. The summed E-state index contributed by atoms with van der Waals surface area (Å²) in [6.45, 7) is -0.241. The molecule has 9 nitrogen and oxygen atoms in total. The number of hydrogen-bond acceptors (Lipinski definition) is 6. The van der Waals surface area contributed by atoms with Crippen molar-refractivity contribution in [1.29, 1.82) is 0 Å². The summed E-state index contributed by atoms with van der Waals surface area (Å²) in [4.78, 5) is 32.6. The molecular formula is C16H12N6O3. The van der Waals surface area contributed by atoms with Crippen LogP contribution in [0.1, 0.15) is 0 Å². The maximum Gasteiger partial charge on any atom is 0.350 e. The van der Waals surface area contributed by atoms with E-state index in [0.29, 0.717) is 17.1 Å². The minimum Gasteiger partial charge on any atom is -0.463 e. The maximum atomic E-state index is 12.2. The van der Waals surface area contributed by atoms with Crippen molar-refractivity contribution in [3.63, 3.8) is 0 Å². The number of furan rings is 1. The third-order valence-electron chi connectivity index (χ3n) is 3.46. The lowest BCUT2D eigenvalue weighted by Crippen LogP contribution is -2.28. The number of fused-ring (bicyclic) bond motifs is 1. The van der Waals surface area contributed by atoms with Gasteiger partial charge in [-0.1, -0.05) is 6.07 Å². The number of rotatable bonds is 4. The summed E-state index contributed by atoms with van der Waals surface area (Å²) in [5.41, 5.74) is 0.618. The first-order valence-electron chi connectivity index (χ1n) is 7.42. The van der Waals surface area contributed by atoms with Gasteiger partial charge in [-0.15, -0.1) is 5.10 Å². The molecule has 0 radical (unpaired) electrons. The molecule has 0 aromatic carbocycles. The van der Waals surface area contributed by atoms with Gasteiger partial charge >= 0.3 is 5.69 Å². The Kier molecular flexibility index (Phi) is 3.58. The van der Waals surface area contributed by atoms with Crippen molar-refractivity contribution in [3.8, 4) is 11.5 Å². The van der Waals surface area contributed by atoms with E-state index in [1.165, 1.54) is 16.9 Å². The van der Waals surface area contributed by atoms with Crippen LogP contribution in [-0.4, -0.2) is 30.1 Å². The Labute approximate surface area is 140 Å². The van der Waals surface area contributed by atoms with Crippen molar-refractivity contribution >= 4 is 17.5 Å². The van der Waals surface area contributed by atoms with Crippen LogP contribution in [0.3, 0.4) is 0 Å². The first-order chi connectivity index (χ1) is 12.2. The molecule has 4 heterocycles. The molecule has 0 spiro atoms. The fraction of sp³-hybridized carbons (Fsp3) is 0.0625. The first kappa shape index (κ1) is 14.8. The SMILES string of the molecule is O=C(Cn1nc2ccccn2c1=O)Nc1nccc(-c2ccco2)n1. The number of carbonyl (C=O) groups is 1. The van der Waals surface area contributed by atoms with Crippen LogP contribution in [0.15, 0.2) is 64.3 Å². The van der Waals surface area contributed by atoms with Gasteiger partial charge in [-0.2, -0.15) is 0 Å². The predicted molar refractivity (Wildman–Crippen MR) is 87.8 cm³/mol. The fourth-order valence-corrected chi connectivity index (χ4v) is 2.35. The summed E-state index contributed by atoms with van der Waals surface area (Å²) in [5, 5.41) is 6.66. The van der Waals surface area contributed by atoms with Crippen LogP contribution in [0.4, 0.5) is 5.95 Å². The Hall–Kier alpha value is -3.75. The second kappa shape index (κ2) is 6.04. The van der Waals surface area contributed by atoms with Crippen molar-refractivity contribution in [1.82, 2.24) is 24.1 Å². The van der Waals surface area contributed by atoms with E-state index in [1.54, 1.807) is 42.6 Å². The average Bonchev–Trinajstić information content (AvgIpc) is 3.25. The molecule has 0 aliphatic rings. The molecule has 4 aromatic heterocycles. The van der Waals surface area contributed by atoms with Gasteiger partial charge in [0, 0.05) is 12.4 Å². The van der Waals surface area contributed by atoms with E-state index in [9.17, 15) is 9.59 Å². The van der Waals surface area contributed by atoms with Gasteiger partial charge in [-0.25, -0.2) is 19.4 Å². The minimum absolute atomic E-state index is 0.121. The van der Waals surface area contributed by atoms with E-state index in [4.69, 9.17) is 4.42 Å². The molecule has 1 N–H and O–H groups in total. The van der Waals surface area contributed by atoms with Gasteiger partial charge in [0.15, 0.2) is 11.4 Å². The molecule has 0 unspecified atom stereocenters. The average molecular weight is 336 g/mol. The normalized spacial score (nSPS) is 10.9. The van der Waals surface area contributed by atoms with E-state index in [-0.39, 0.29) is 12.5 Å². The van der Waals surface area contributed by atoms with Gasteiger partial charge in [0.2, 0.25) is 11.9 Å². The third-order valence-corrected chi connectivity index (χ3v) is 3.46. The van der Waals surface area contributed by atoms with Crippen molar-refractivity contribution in [2.24, 2.45) is 0 Å². The second-order valence-electron chi connectivity index (χ2n) is 5.16. The molecule has 0 fully saturated rings. The predicted octanol–water partition coefficient (Wildman–Crippen LogP) is 1.18. The first-order valence-corrected chi connectivity index (χ1v) is 7.42. The van der Waals surface area contributed by atoms with Crippen LogP contribution >= 0.6 is 0 Å². The molecule has 9 heteroatoms. The Morgan fingerprint density at radius 2 is 2.12 bits per heavy atom. The van der Waals surface area contributed by atoms with E-state index in [2.05, 4.69) is 20.4 Å². The lowest BCUT2D eigenvalue weighted by molar-refractivity contribution is -0.117. The quantitative estimate of drug-likeness (QED) is 0.600. The van der Waals surface area contributed by atoms with Crippen LogP contribution < -0.4 is 11.0 Å². The Morgan fingerprint density at radius 1 is 1.20 bits per heavy atom. The molecule has 124 valence electrons. The largest absolute Gasteiger partial charge is 0.463 e. The van der Waals surface area contributed by atoms with Crippen LogP contribution in [-0.2, 0) is 11.3 Å². The number of amides is 1. The van der Waals surface area contributed by atoms with Gasteiger partial charge in [0.1, 0.15) is 12.2 Å². The van der Waals surface area contributed by atoms with Crippen LogP contribution in [0, 0.1) is 0 Å². The van der Waals surface area contributed by atoms with Crippen molar-refractivity contribution in [3.05, 3.63) is 65.5 Å². The van der Waals surface area contributed by atoms with Gasteiger partial charge in [-0.3, -0.25) is 14.5 Å². The summed E-state index contributed by atoms with van der Waals surface area (Å²) < 4.78 is 7.71. The van der Waals surface area contributed by atoms with Crippen LogP contribution in [0.25, 0.3) is 17.1 Å². The fourth-order valence-electron chi connectivity index (χ4n) is 2.35. The zero-order chi connectivity index (χ0) is 17.2. The highest BCUT2D eigenvalue weighted by molar-refractivity contribution is 5.88. The lowest BCUT2D eigenvalue weighted by atomic mass is 10.3. The highest BCUT2D eigenvalue weighted by Crippen LogP contribution is 2.17. The topological polar surface area (TPSA) is 107 Å². The zero-order valence-corrected chi connectivity index (χ0v) is 12.9. The summed E-state index contributed by atoms with van der Waals surface area (Å²) in [5.74, 6) is 0.229. The molecule has 0 bridgehead atoms. The van der Waals surface area contributed by atoms with E-state index < -0.39 is 11.6 Å². The number of nitrogens with one attached hydrogen (secondary N) is 1. The zero-order valence-electron chi connectivity index (χ0n) is 12.9. The Bertz CT molecular complexity index is 1100. The number of carbonyl (C=O) groups excluding carboxylic acids is 1. The lowest BCUT2D eigenvalue weighted by Gasteiger charge is -2.04. The summed E-state index contributed by atoms with van der Waals surface area (Å²) in [6, 6.07) is 10.3. The summed E-state index contributed by atoms with van der Waals surface area (Å²) in [7, 11) is 0. The molecule has 0 saturated heterocycles. The van der Waals surface area contributed by atoms with Crippen LogP contribution in [0.2, 0.25) is 0 Å². The number of hydrogen-bond donors (Lipinski definition) is 1. The smallest absolute Gasteiger partial charge is 0.350 e. The monoisotopic (exact) mass is 336 g/mol. The maximum absolute atomic E-state index is 12.2. The number of aromatic nitrogens is 5. The molecular weight excluding hydrogens is 324 g/mol. The van der Waals surface area contributed by atoms with E-state index >= 15 is 0 Å². The van der Waals surface area contributed by atoms with Crippen molar-refractivity contribution < 1.29 is 9.21 Å². The molecule has 0 atom stereocenters. The van der Waals surface area contributed by atoms with Crippen LogP contribution in [0.5, 0.6) is 0 Å². The number of nitrogens with zero attached hydrogens (tertiary/aromatic N) is 5. The van der Waals surface area contributed by atoms with Crippen molar-refractivity contribution in [2.75, 3.05) is 5.32 Å². The van der Waals surface area contributed by atoms with Gasteiger partial charge in [0.05, 0.1) is 6.26 Å². The van der Waals surface area contributed by atoms with E-state index in [1.807, 2.05) is 0 Å². The molecule has 0 saturated carbocycles. The second-order valence-corrected chi connectivity index (χ2v) is 5.16. The number of pyridine rings is 1.